The van der Waals surface area contributed by atoms with Crippen LogP contribution >= 0.6 is 0 Å². The Hall–Kier alpha value is -0.370. The molecule has 1 aliphatic heterocycles. The smallest absolute Gasteiger partial charge is 0.108 e. The minimum absolute atomic E-state index is 0.0174. The topological polar surface area (TPSA) is 24.4 Å². The standard InChI is InChI=1S/C8H16N2/c1-5-8(4)9-6(2)7(3)10-8/h6,9H,5H2,1-4H3. The highest BCUT2D eigenvalue weighted by molar-refractivity contribution is 5.89. The third kappa shape index (κ3) is 1.21. The largest absolute Gasteiger partial charge is 0.286 e. The van der Waals surface area contributed by atoms with Crippen LogP contribution in [0.2, 0.25) is 0 Å². The molecule has 1 N–H and O–H groups in total. The Morgan fingerprint density at radius 3 is 2.50 bits per heavy atom. The fourth-order valence-electron chi connectivity index (χ4n) is 1.27. The maximum absolute atomic E-state index is 4.53. The molecule has 58 valence electrons. The molecule has 10 heavy (non-hydrogen) atoms. The van der Waals surface area contributed by atoms with Gasteiger partial charge in [-0.2, -0.15) is 0 Å². The molecule has 2 heteroatoms. The van der Waals surface area contributed by atoms with E-state index in [9.17, 15) is 0 Å². The molecule has 0 saturated heterocycles. The number of hydrogen-bond acceptors (Lipinski definition) is 2. The van der Waals surface area contributed by atoms with Gasteiger partial charge in [0.05, 0.1) is 0 Å². The van der Waals surface area contributed by atoms with Crippen molar-refractivity contribution in [3.8, 4) is 0 Å². The number of nitrogens with zero attached hydrogens (tertiary/aromatic N) is 1. The lowest BCUT2D eigenvalue weighted by atomic mass is 10.1. The zero-order valence-corrected chi connectivity index (χ0v) is 7.23. The van der Waals surface area contributed by atoms with Crippen LogP contribution in [0.1, 0.15) is 34.1 Å². The van der Waals surface area contributed by atoms with E-state index in [1.165, 1.54) is 5.71 Å². The first-order valence-corrected chi connectivity index (χ1v) is 3.91. The summed E-state index contributed by atoms with van der Waals surface area (Å²) in [5.74, 6) is 0. The number of rotatable bonds is 1. The first-order chi connectivity index (χ1) is 4.57. The fraction of sp³-hybridized carbons (Fsp3) is 0.875. The highest BCUT2D eigenvalue weighted by Gasteiger charge is 2.29. The van der Waals surface area contributed by atoms with Crippen molar-refractivity contribution in [1.29, 1.82) is 0 Å². The summed E-state index contributed by atoms with van der Waals surface area (Å²) in [5.41, 5.74) is 1.24. The van der Waals surface area contributed by atoms with Crippen LogP contribution < -0.4 is 5.32 Å². The summed E-state index contributed by atoms with van der Waals surface area (Å²) in [6, 6.07) is 0.463. The SMILES string of the molecule is CCC1(C)N=C(C)C(C)N1. The lowest BCUT2D eigenvalue weighted by molar-refractivity contribution is 0.378. The molecule has 0 aliphatic carbocycles. The van der Waals surface area contributed by atoms with Crippen molar-refractivity contribution >= 4 is 5.71 Å². The molecule has 1 heterocycles. The zero-order chi connectivity index (χ0) is 7.78. The van der Waals surface area contributed by atoms with E-state index in [-0.39, 0.29) is 5.66 Å². The van der Waals surface area contributed by atoms with Crippen LogP contribution in [-0.2, 0) is 0 Å². The van der Waals surface area contributed by atoms with Crippen LogP contribution in [0.25, 0.3) is 0 Å². The summed E-state index contributed by atoms with van der Waals surface area (Å²) < 4.78 is 0. The second-order valence-corrected chi connectivity index (χ2v) is 3.25. The van der Waals surface area contributed by atoms with Gasteiger partial charge in [0.1, 0.15) is 5.66 Å². The van der Waals surface area contributed by atoms with E-state index in [4.69, 9.17) is 0 Å². The van der Waals surface area contributed by atoms with Crippen LogP contribution in [0.5, 0.6) is 0 Å². The molecule has 0 radical (unpaired) electrons. The third-order valence-corrected chi connectivity index (χ3v) is 2.27. The van der Waals surface area contributed by atoms with Crippen LogP contribution in [0.3, 0.4) is 0 Å². The molecular weight excluding hydrogens is 124 g/mol. The van der Waals surface area contributed by atoms with E-state index in [0.717, 1.165) is 6.42 Å². The normalized spacial score (nSPS) is 40.0. The van der Waals surface area contributed by atoms with Gasteiger partial charge in [0.2, 0.25) is 0 Å². The number of nitrogens with one attached hydrogen (secondary N) is 1. The van der Waals surface area contributed by atoms with Crippen molar-refractivity contribution in [1.82, 2.24) is 5.32 Å². The maximum Gasteiger partial charge on any atom is 0.108 e. The lowest BCUT2D eigenvalue weighted by Gasteiger charge is -2.20. The van der Waals surface area contributed by atoms with Gasteiger partial charge in [0.15, 0.2) is 0 Å². The summed E-state index contributed by atoms with van der Waals surface area (Å²) in [5, 5.41) is 3.43. The maximum atomic E-state index is 4.53. The average molecular weight is 140 g/mol. The van der Waals surface area contributed by atoms with E-state index in [0.29, 0.717) is 6.04 Å². The molecule has 2 atom stereocenters. The number of hydrogen-bond donors (Lipinski definition) is 1. The first kappa shape index (κ1) is 7.73. The summed E-state index contributed by atoms with van der Waals surface area (Å²) in [4.78, 5) is 4.53. The molecule has 1 rings (SSSR count). The molecule has 0 aromatic carbocycles. The molecule has 0 fully saturated rings. The predicted molar refractivity (Wildman–Crippen MR) is 44.4 cm³/mol. The lowest BCUT2D eigenvalue weighted by Crippen LogP contribution is -2.40. The molecule has 0 bridgehead atoms. The van der Waals surface area contributed by atoms with Gasteiger partial charge in [-0.3, -0.25) is 10.3 Å². The van der Waals surface area contributed by atoms with Crippen molar-refractivity contribution in [3.05, 3.63) is 0 Å². The van der Waals surface area contributed by atoms with Crippen molar-refractivity contribution in [2.24, 2.45) is 4.99 Å². The number of aliphatic imine (C=N–C) groups is 1. The van der Waals surface area contributed by atoms with E-state index in [1.807, 2.05) is 0 Å². The minimum atomic E-state index is 0.0174. The highest BCUT2D eigenvalue weighted by Crippen LogP contribution is 2.18. The summed E-state index contributed by atoms with van der Waals surface area (Å²) in [6.07, 6.45) is 1.06. The van der Waals surface area contributed by atoms with E-state index in [2.05, 4.69) is 38.0 Å². The van der Waals surface area contributed by atoms with Gasteiger partial charge in [-0.15, -0.1) is 0 Å². The molecule has 0 amide bonds. The van der Waals surface area contributed by atoms with Crippen molar-refractivity contribution in [2.45, 2.75) is 45.8 Å². The van der Waals surface area contributed by atoms with Crippen LogP contribution in [0.15, 0.2) is 4.99 Å². The fourth-order valence-corrected chi connectivity index (χ4v) is 1.27. The van der Waals surface area contributed by atoms with Crippen LogP contribution in [0, 0.1) is 0 Å². The molecular formula is C8H16N2. The Kier molecular flexibility index (Phi) is 1.82. The molecule has 2 nitrogen and oxygen atoms in total. The second-order valence-electron chi connectivity index (χ2n) is 3.25. The molecule has 0 aromatic heterocycles. The van der Waals surface area contributed by atoms with Gasteiger partial charge in [0.25, 0.3) is 0 Å². The quantitative estimate of drug-likeness (QED) is 0.587. The minimum Gasteiger partial charge on any atom is -0.286 e. The van der Waals surface area contributed by atoms with Gasteiger partial charge >= 0.3 is 0 Å². The average Bonchev–Trinajstić information content (AvgIpc) is 2.10. The van der Waals surface area contributed by atoms with Gasteiger partial charge in [-0.25, -0.2) is 0 Å². The third-order valence-electron chi connectivity index (χ3n) is 2.27. The zero-order valence-electron chi connectivity index (χ0n) is 7.23. The summed E-state index contributed by atoms with van der Waals surface area (Å²) in [6.45, 7) is 8.53. The van der Waals surface area contributed by atoms with Crippen molar-refractivity contribution in [3.63, 3.8) is 0 Å². The Balaban J connectivity index is 2.72. The first-order valence-electron chi connectivity index (χ1n) is 3.91. The van der Waals surface area contributed by atoms with Crippen LogP contribution in [-0.4, -0.2) is 17.4 Å². The summed E-state index contributed by atoms with van der Waals surface area (Å²) in [7, 11) is 0. The Morgan fingerprint density at radius 1 is 1.70 bits per heavy atom. The molecule has 0 aromatic rings. The predicted octanol–water partition coefficient (Wildman–Crippen LogP) is 1.57. The molecule has 0 saturated carbocycles. The van der Waals surface area contributed by atoms with E-state index < -0.39 is 0 Å². The second kappa shape index (κ2) is 2.35. The van der Waals surface area contributed by atoms with Crippen molar-refractivity contribution in [2.75, 3.05) is 0 Å². The Bertz CT molecular complexity index is 163. The van der Waals surface area contributed by atoms with Crippen molar-refractivity contribution < 1.29 is 0 Å². The Morgan fingerprint density at radius 2 is 2.30 bits per heavy atom. The molecule has 2 unspecified atom stereocenters. The Labute approximate surface area is 62.7 Å². The highest BCUT2D eigenvalue weighted by atomic mass is 15.2. The van der Waals surface area contributed by atoms with Gasteiger partial charge in [-0.1, -0.05) is 6.92 Å². The van der Waals surface area contributed by atoms with E-state index in [1.54, 1.807) is 0 Å². The van der Waals surface area contributed by atoms with Gasteiger partial charge in [-0.05, 0) is 27.2 Å². The van der Waals surface area contributed by atoms with Crippen LogP contribution in [0.4, 0.5) is 0 Å². The van der Waals surface area contributed by atoms with Gasteiger partial charge < -0.3 is 0 Å². The van der Waals surface area contributed by atoms with E-state index >= 15 is 0 Å². The monoisotopic (exact) mass is 140 g/mol. The molecule has 0 spiro atoms. The molecule has 1 aliphatic rings. The van der Waals surface area contributed by atoms with Gasteiger partial charge in [0, 0.05) is 11.8 Å². The summed E-state index contributed by atoms with van der Waals surface area (Å²) >= 11 is 0.